The zero-order valence-electron chi connectivity index (χ0n) is 10.9. The number of halogens is 3. The van der Waals surface area contributed by atoms with Crippen LogP contribution in [0.15, 0.2) is 27.1 Å². The van der Waals surface area contributed by atoms with Gasteiger partial charge in [-0.3, -0.25) is 10.2 Å². The Balaban J connectivity index is 2.15. The van der Waals surface area contributed by atoms with Crippen molar-refractivity contribution in [2.75, 3.05) is 0 Å². The largest absolute Gasteiger partial charge is 0.487 e. The van der Waals surface area contributed by atoms with Crippen LogP contribution in [-0.4, -0.2) is 5.91 Å². The number of furan rings is 1. The molecule has 0 atom stereocenters. The van der Waals surface area contributed by atoms with Crippen molar-refractivity contribution in [3.05, 3.63) is 49.8 Å². The fourth-order valence-electron chi connectivity index (χ4n) is 1.62. The molecule has 8 heteroatoms. The van der Waals surface area contributed by atoms with Crippen molar-refractivity contribution in [1.29, 1.82) is 0 Å². The van der Waals surface area contributed by atoms with Crippen LogP contribution in [0.5, 0.6) is 5.75 Å². The zero-order valence-corrected chi connectivity index (χ0v) is 14.0. The second-order valence-corrected chi connectivity index (χ2v) is 5.82. The standard InChI is InChI=1S/C13H11BrCl2N2O3/c1-6-7(2-12(21-6)13(19)18-17)5-20-11-4-9(15)8(14)3-10(11)16/h2-4H,5,17H2,1H3,(H,18,19). The second kappa shape index (κ2) is 6.70. The number of rotatable bonds is 4. The van der Waals surface area contributed by atoms with E-state index in [1.165, 1.54) is 0 Å². The molecular formula is C13H11BrCl2N2O3. The van der Waals surface area contributed by atoms with Gasteiger partial charge in [0.25, 0.3) is 0 Å². The van der Waals surface area contributed by atoms with Gasteiger partial charge in [-0.05, 0) is 35.0 Å². The third-order valence-corrected chi connectivity index (χ3v) is 4.23. The Labute approximate surface area is 139 Å². The Morgan fingerprint density at radius 3 is 2.76 bits per heavy atom. The fourth-order valence-corrected chi connectivity index (χ4v) is 2.46. The van der Waals surface area contributed by atoms with Gasteiger partial charge in [-0.15, -0.1) is 0 Å². The molecule has 3 N–H and O–H groups in total. The Morgan fingerprint density at radius 1 is 1.38 bits per heavy atom. The van der Waals surface area contributed by atoms with Gasteiger partial charge in [0.2, 0.25) is 0 Å². The van der Waals surface area contributed by atoms with Gasteiger partial charge in [0.15, 0.2) is 5.76 Å². The maximum Gasteiger partial charge on any atom is 0.300 e. The van der Waals surface area contributed by atoms with E-state index in [0.717, 1.165) is 0 Å². The smallest absolute Gasteiger partial charge is 0.300 e. The van der Waals surface area contributed by atoms with Gasteiger partial charge in [-0.1, -0.05) is 23.2 Å². The molecule has 112 valence electrons. The summed E-state index contributed by atoms with van der Waals surface area (Å²) in [6.07, 6.45) is 0. The highest BCUT2D eigenvalue weighted by Gasteiger charge is 2.14. The van der Waals surface area contributed by atoms with Gasteiger partial charge in [0.05, 0.1) is 10.0 Å². The van der Waals surface area contributed by atoms with Crippen molar-refractivity contribution >= 4 is 45.0 Å². The predicted molar refractivity (Wildman–Crippen MR) is 83.6 cm³/mol. The van der Waals surface area contributed by atoms with E-state index in [1.807, 2.05) is 5.43 Å². The molecule has 0 aliphatic rings. The van der Waals surface area contributed by atoms with E-state index in [4.69, 9.17) is 38.2 Å². The Kier molecular flexibility index (Phi) is 5.16. The maximum atomic E-state index is 11.4. The van der Waals surface area contributed by atoms with Crippen molar-refractivity contribution in [3.8, 4) is 5.75 Å². The molecule has 2 aromatic rings. The van der Waals surface area contributed by atoms with E-state index >= 15 is 0 Å². The minimum Gasteiger partial charge on any atom is -0.487 e. The number of aryl methyl sites for hydroxylation is 1. The van der Waals surface area contributed by atoms with Crippen molar-refractivity contribution in [2.24, 2.45) is 5.84 Å². The van der Waals surface area contributed by atoms with Gasteiger partial charge in [-0.2, -0.15) is 0 Å². The van der Waals surface area contributed by atoms with Crippen LogP contribution >= 0.6 is 39.1 Å². The zero-order chi connectivity index (χ0) is 15.6. The Bertz CT molecular complexity index is 688. The van der Waals surface area contributed by atoms with E-state index in [-0.39, 0.29) is 12.4 Å². The van der Waals surface area contributed by atoms with E-state index in [2.05, 4.69) is 15.9 Å². The number of nitrogens with one attached hydrogen (secondary N) is 1. The highest BCUT2D eigenvalue weighted by molar-refractivity contribution is 9.10. The number of hydrogen-bond donors (Lipinski definition) is 2. The first kappa shape index (κ1) is 16.2. The van der Waals surface area contributed by atoms with E-state index in [0.29, 0.717) is 31.6 Å². The number of hydrazine groups is 1. The topological polar surface area (TPSA) is 77.5 Å². The van der Waals surface area contributed by atoms with Crippen molar-refractivity contribution in [1.82, 2.24) is 5.43 Å². The summed E-state index contributed by atoms with van der Waals surface area (Å²) in [7, 11) is 0. The monoisotopic (exact) mass is 392 g/mol. The first-order valence-corrected chi connectivity index (χ1v) is 7.35. The van der Waals surface area contributed by atoms with Crippen molar-refractivity contribution < 1.29 is 13.9 Å². The molecule has 0 spiro atoms. The van der Waals surface area contributed by atoms with Crippen LogP contribution in [0.1, 0.15) is 21.9 Å². The minimum atomic E-state index is -0.505. The summed E-state index contributed by atoms with van der Waals surface area (Å²) in [6.45, 7) is 1.91. The molecule has 1 amide bonds. The molecule has 0 aliphatic heterocycles. The van der Waals surface area contributed by atoms with Crippen LogP contribution in [0.25, 0.3) is 0 Å². The number of carbonyl (C=O) groups excluding carboxylic acids is 1. The number of nitrogen functional groups attached to an aromatic ring is 1. The number of nitrogens with two attached hydrogens (primary N) is 1. The SMILES string of the molecule is Cc1oc(C(=O)NN)cc1COc1cc(Cl)c(Br)cc1Cl. The highest BCUT2D eigenvalue weighted by Crippen LogP contribution is 2.34. The van der Waals surface area contributed by atoms with Gasteiger partial charge in [0, 0.05) is 16.1 Å². The summed E-state index contributed by atoms with van der Waals surface area (Å²) < 4.78 is 11.6. The molecule has 0 radical (unpaired) electrons. The molecule has 0 saturated carbocycles. The molecule has 0 saturated heterocycles. The van der Waals surface area contributed by atoms with Crippen LogP contribution in [0.3, 0.4) is 0 Å². The summed E-state index contributed by atoms with van der Waals surface area (Å²) in [5, 5.41) is 0.911. The summed E-state index contributed by atoms with van der Waals surface area (Å²) in [5.74, 6) is 5.67. The van der Waals surface area contributed by atoms with Crippen LogP contribution in [0.2, 0.25) is 10.0 Å². The van der Waals surface area contributed by atoms with Crippen LogP contribution in [0, 0.1) is 6.92 Å². The van der Waals surface area contributed by atoms with Crippen LogP contribution in [-0.2, 0) is 6.61 Å². The summed E-state index contributed by atoms with van der Waals surface area (Å²) in [6, 6.07) is 4.82. The molecule has 1 aromatic carbocycles. The average molecular weight is 394 g/mol. The van der Waals surface area contributed by atoms with Crippen LogP contribution in [0.4, 0.5) is 0 Å². The minimum absolute atomic E-state index is 0.119. The first-order chi connectivity index (χ1) is 9.92. The van der Waals surface area contributed by atoms with Crippen LogP contribution < -0.4 is 16.0 Å². The molecule has 5 nitrogen and oxygen atoms in total. The first-order valence-electron chi connectivity index (χ1n) is 5.80. The summed E-state index contributed by atoms with van der Waals surface area (Å²) in [5.41, 5.74) is 2.71. The number of amides is 1. The van der Waals surface area contributed by atoms with E-state index in [1.54, 1.807) is 25.1 Å². The number of ether oxygens (including phenoxy) is 1. The van der Waals surface area contributed by atoms with Gasteiger partial charge >= 0.3 is 5.91 Å². The number of hydrogen-bond acceptors (Lipinski definition) is 4. The molecule has 0 fully saturated rings. The molecule has 0 aliphatic carbocycles. The van der Waals surface area contributed by atoms with Crippen molar-refractivity contribution in [2.45, 2.75) is 13.5 Å². The maximum absolute atomic E-state index is 11.4. The quantitative estimate of drug-likeness (QED) is 0.358. The number of carbonyl (C=O) groups is 1. The fraction of sp³-hybridized carbons (Fsp3) is 0.154. The highest BCUT2D eigenvalue weighted by atomic mass is 79.9. The lowest BCUT2D eigenvalue weighted by Gasteiger charge is -2.08. The predicted octanol–water partition coefficient (Wildman–Crippen LogP) is 3.84. The molecule has 1 aromatic heterocycles. The molecule has 1 heterocycles. The van der Waals surface area contributed by atoms with Gasteiger partial charge in [0.1, 0.15) is 18.1 Å². The lowest BCUT2D eigenvalue weighted by Crippen LogP contribution is -2.29. The summed E-state index contributed by atoms with van der Waals surface area (Å²) in [4.78, 5) is 11.4. The van der Waals surface area contributed by atoms with E-state index < -0.39 is 5.91 Å². The number of benzene rings is 1. The Morgan fingerprint density at radius 2 is 2.10 bits per heavy atom. The second-order valence-electron chi connectivity index (χ2n) is 4.15. The molecule has 0 unspecified atom stereocenters. The van der Waals surface area contributed by atoms with E-state index in [9.17, 15) is 4.79 Å². The summed E-state index contributed by atoms with van der Waals surface area (Å²) >= 11 is 15.3. The lowest BCUT2D eigenvalue weighted by atomic mass is 10.2. The molecular weight excluding hydrogens is 383 g/mol. The molecule has 2 rings (SSSR count). The average Bonchev–Trinajstić information content (AvgIpc) is 2.82. The lowest BCUT2D eigenvalue weighted by molar-refractivity contribution is 0.0924. The Hall–Kier alpha value is -1.21. The third-order valence-electron chi connectivity index (χ3n) is 2.73. The van der Waals surface area contributed by atoms with Crippen molar-refractivity contribution in [3.63, 3.8) is 0 Å². The van der Waals surface area contributed by atoms with Gasteiger partial charge < -0.3 is 9.15 Å². The molecule has 21 heavy (non-hydrogen) atoms. The molecule has 0 bridgehead atoms. The van der Waals surface area contributed by atoms with Gasteiger partial charge in [-0.25, -0.2) is 5.84 Å². The third kappa shape index (κ3) is 3.71. The normalized spacial score (nSPS) is 10.5.